The molecule has 0 radical (unpaired) electrons. The summed E-state index contributed by atoms with van der Waals surface area (Å²) in [6.45, 7) is 2.55. The van der Waals surface area contributed by atoms with Crippen LogP contribution in [-0.4, -0.2) is 27.7 Å². The maximum Gasteiger partial charge on any atom is 0.216 e. The van der Waals surface area contributed by atoms with Crippen molar-refractivity contribution in [1.29, 1.82) is 0 Å². The highest BCUT2D eigenvalue weighted by Crippen LogP contribution is 2.24. The van der Waals surface area contributed by atoms with Crippen LogP contribution in [0, 0.1) is 4.77 Å². The summed E-state index contributed by atoms with van der Waals surface area (Å²) >= 11 is 17.4. The summed E-state index contributed by atoms with van der Waals surface area (Å²) in [7, 11) is 0. The fraction of sp³-hybridized carbons (Fsp3) is 0.118. The van der Waals surface area contributed by atoms with Crippen LogP contribution in [0.2, 0.25) is 10.0 Å². The number of aromatic amines is 1. The van der Waals surface area contributed by atoms with Gasteiger partial charge >= 0.3 is 0 Å². The molecule has 3 aromatic rings. The number of H-pyrrole nitrogens is 1. The third kappa shape index (κ3) is 4.07. The summed E-state index contributed by atoms with van der Waals surface area (Å²) in [5, 5.41) is 12.1. The van der Waals surface area contributed by atoms with Crippen molar-refractivity contribution in [2.45, 2.75) is 6.92 Å². The number of aromatic nitrogens is 3. The Morgan fingerprint density at radius 3 is 2.77 bits per heavy atom. The molecule has 1 heterocycles. The molecule has 3 rings (SSSR count). The maximum atomic E-state index is 6.14. The Hall–Kier alpha value is -2.35. The molecule has 0 saturated carbocycles. The molecule has 9 heteroatoms. The highest BCUT2D eigenvalue weighted by Gasteiger charge is 2.09. The van der Waals surface area contributed by atoms with E-state index in [1.165, 1.54) is 0 Å². The molecule has 0 aliphatic rings. The molecule has 134 valence electrons. The Morgan fingerprint density at radius 1 is 1.27 bits per heavy atom. The van der Waals surface area contributed by atoms with Gasteiger partial charge in [0, 0.05) is 11.1 Å². The predicted molar refractivity (Wildman–Crippen MR) is 107 cm³/mol. The molecule has 0 aliphatic heterocycles. The third-order valence-electron chi connectivity index (χ3n) is 3.44. The lowest BCUT2D eigenvalue weighted by Gasteiger charge is -2.07. The Balaban J connectivity index is 1.83. The molecule has 2 N–H and O–H groups in total. The van der Waals surface area contributed by atoms with E-state index in [0.717, 1.165) is 11.3 Å². The van der Waals surface area contributed by atoms with Crippen LogP contribution in [0.1, 0.15) is 12.5 Å². The molecular formula is C17H15Cl2N5OS. The van der Waals surface area contributed by atoms with Gasteiger partial charge < -0.3 is 4.74 Å². The number of rotatable bonds is 6. The summed E-state index contributed by atoms with van der Waals surface area (Å²) in [4.78, 5) is 0. The fourth-order valence-electron chi connectivity index (χ4n) is 2.23. The molecule has 0 unspecified atom stereocenters. The number of halogens is 2. The van der Waals surface area contributed by atoms with Gasteiger partial charge in [-0.3, -0.25) is 0 Å². The lowest BCUT2D eigenvalue weighted by Crippen LogP contribution is -2.10. The van der Waals surface area contributed by atoms with Gasteiger partial charge in [0.2, 0.25) is 4.77 Å². The number of hydrazone groups is 1. The molecule has 0 aliphatic carbocycles. The third-order valence-corrected chi connectivity index (χ3v) is 4.55. The summed E-state index contributed by atoms with van der Waals surface area (Å²) < 4.78 is 7.38. The Labute approximate surface area is 165 Å². The van der Waals surface area contributed by atoms with E-state index in [1.807, 2.05) is 31.2 Å². The van der Waals surface area contributed by atoms with Gasteiger partial charge in [0.1, 0.15) is 5.75 Å². The normalized spacial score (nSPS) is 11.0. The zero-order chi connectivity index (χ0) is 18.5. The van der Waals surface area contributed by atoms with Gasteiger partial charge in [0.25, 0.3) is 0 Å². The lowest BCUT2D eigenvalue weighted by molar-refractivity contribution is 0.340. The van der Waals surface area contributed by atoms with Crippen LogP contribution < -0.4 is 10.3 Å². The van der Waals surface area contributed by atoms with E-state index in [4.69, 9.17) is 40.2 Å². The van der Waals surface area contributed by atoms with E-state index in [1.54, 1.807) is 29.1 Å². The van der Waals surface area contributed by atoms with E-state index in [0.29, 0.717) is 32.8 Å². The maximum absolute atomic E-state index is 6.14. The first-order valence-corrected chi connectivity index (χ1v) is 8.90. The number of nitrogens with one attached hydrogen (secondary N) is 2. The topological polar surface area (TPSA) is 67.2 Å². The SMILES string of the molecule is CCOc1ccc(-c2n[nH]c(=S)n2NN=Cc2cccc(Cl)c2Cl)cc1. The van der Waals surface area contributed by atoms with Gasteiger partial charge in [-0.2, -0.15) is 14.9 Å². The molecule has 1 aromatic heterocycles. The quantitative estimate of drug-likeness (QED) is 0.346. The van der Waals surface area contributed by atoms with Gasteiger partial charge in [-0.1, -0.05) is 35.3 Å². The van der Waals surface area contributed by atoms with Crippen molar-refractivity contribution in [2.75, 3.05) is 12.1 Å². The van der Waals surface area contributed by atoms with Crippen molar-refractivity contribution >= 4 is 41.6 Å². The van der Waals surface area contributed by atoms with Crippen molar-refractivity contribution in [3.05, 3.63) is 62.8 Å². The number of ether oxygens (including phenoxy) is 1. The molecule has 2 aromatic carbocycles. The molecule has 0 bridgehead atoms. The summed E-state index contributed by atoms with van der Waals surface area (Å²) in [6, 6.07) is 12.8. The Bertz CT molecular complexity index is 982. The number of hydrogen-bond acceptors (Lipinski definition) is 5. The molecule has 26 heavy (non-hydrogen) atoms. The van der Waals surface area contributed by atoms with Crippen LogP contribution >= 0.6 is 35.4 Å². The van der Waals surface area contributed by atoms with Gasteiger partial charge in [-0.05, 0) is 49.5 Å². The molecular weight excluding hydrogens is 393 g/mol. The minimum atomic E-state index is 0.378. The van der Waals surface area contributed by atoms with Gasteiger partial charge in [-0.25, -0.2) is 10.6 Å². The van der Waals surface area contributed by atoms with Gasteiger partial charge in [-0.15, -0.1) is 0 Å². The van der Waals surface area contributed by atoms with Crippen molar-refractivity contribution in [2.24, 2.45) is 5.10 Å². The van der Waals surface area contributed by atoms with Crippen LogP contribution in [0.3, 0.4) is 0 Å². The zero-order valence-electron chi connectivity index (χ0n) is 13.7. The van der Waals surface area contributed by atoms with Crippen molar-refractivity contribution < 1.29 is 4.74 Å². The monoisotopic (exact) mass is 407 g/mol. The predicted octanol–water partition coefficient (Wildman–Crippen LogP) is 4.89. The van der Waals surface area contributed by atoms with E-state index < -0.39 is 0 Å². The minimum absolute atomic E-state index is 0.378. The molecule has 0 spiro atoms. The summed E-state index contributed by atoms with van der Waals surface area (Å²) in [6.07, 6.45) is 1.56. The average Bonchev–Trinajstić information content (AvgIpc) is 3.00. The van der Waals surface area contributed by atoms with Crippen LogP contribution in [0.15, 0.2) is 47.6 Å². The largest absolute Gasteiger partial charge is 0.494 e. The molecule has 0 atom stereocenters. The van der Waals surface area contributed by atoms with E-state index >= 15 is 0 Å². The van der Waals surface area contributed by atoms with Crippen molar-refractivity contribution in [1.82, 2.24) is 14.9 Å². The second-order valence-electron chi connectivity index (χ2n) is 5.15. The highest BCUT2D eigenvalue weighted by atomic mass is 35.5. The average molecular weight is 408 g/mol. The van der Waals surface area contributed by atoms with Crippen LogP contribution in [0.4, 0.5) is 0 Å². The second kappa shape index (κ2) is 8.35. The Kier molecular flexibility index (Phi) is 5.92. The smallest absolute Gasteiger partial charge is 0.216 e. The molecule has 6 nitrogen and oxygen atoms in total. The molecule has 0 saturated heterocycles. The summed E-state index contributed by atoms with van der Waals surface area (Å²) in [5.41, 5.74) is 4.39. The van der Waals surface area contributed by atoms with Crippen molar-refractivity contribution in [3.63, 3.8) is 0 Å². The zero-order valence-corrected chi connectivity index (χ0v) is 16.1. The van der Waals surface area contributed by atoms with Crippen LogP contribution in [-0.2, 0) is 0 Å². The molecule has 0 amide bonds. The molecule has 0 fully saturated rings. The van der Waals surface area contributed by atoms with Gasteiger partial charge in [0.05, 0.1) is 22.9 Å². The number of hydrogen-bond donors (Lipinski definition) is 2. The summed E-state index contributed by atoms with van der Waals surface area (Å²) in [5.74, 6) is 1.38. The number of nitrogens with zero attached hydrogens (tertiary/aromatic N) is 3. The highest BCUT2D eigenvalue weighted by molar-refractivity contribution is 7.71. The Morgan fingerprint density at radius 2 is 2.04 bits per heavy atom. The standard InChI is InChI=1S/C17H15Cl2N5OS/c1-2-25-13-8-6-11(7-9-13)16-21-22-17(26)24(16)23-20-10-12-4-3-5-14(18)15(12)19/h3-10,23H,2H2,1H3,(H,22,26). The lowest BCUT2D eigenvalue weighted by atomic mass is 10.2. The number of benzene rings is 2. The first-order chi connectivity index (χ1) is 12.6. The minimum Gasteiger partial charge on any atom is -0.494 e. The fourth-order valence-corrected chi connectivity index (χ4v) is 2.76. The van der Waals surface area contributed by atoms with Crippen LogP contribution in [0.25, 0.3) is 11.4 Å². The van der Waals surface area contributed by atoms with Gasteiger partial charge in [0.15, 0.2) is 5.82 Å². The van der Waals surface area contributed by atoms with E-state index in [-0.39, 0.29) is 0 Å². The first kappa shape index (κ1) is 18.4. The van der Waals surface area contributed by atoms with Crippen molar-refractivity contribution in [3.8, 4) is 17.1 Å². The first-order valence-electron chi connectivity index (χ1n) is 7.74. The second-order valence-corrected chi connectivity index (χ2v) is 6.32. The van der Waals surface area contributed by atoms with E-state index in [9.17, 15) is 0 Å². The van der Waals surface area contributed by atoms with Crippen LogP contribution in [0.5, 0.6) is 5.75 Å². The van der Waals surface area contributed by atoms with E-state index in [2.05, 4.69) is 20.8 Å².